The van der Waals surface area contributed by atoms with Gasteiger partial charge >= 0.3 is 0 Å². The quantitative estimate of drug-likeness (QED) is 0.688. The molecule has 0 bridgehead atoms. The smallest absolute Gasteiger partial charge is 0.257 e. The van der Waals surface area contributed by atoms with Gasteiger partial charge in [0.25, 0.3) is 5.88 Å². The summed E-state index contributed by atoms with van der Waals surface area (Å²) in [5, 5.41) is 3.68. The molecule has 0 radical (unpaired) electrons. The Hall–Kier alpha value is -2.86. The molecule has 1 aliphatic rings. The van der Waals surface area contributed by atoms with Crippen molar-refractivity contribution in [2.75, 3.05) is 30.4 Å². The molecule has 0 spiro atoms. The molecule has 1 aromatic heterocycles. The second-order valence-electron chi connectivity index (χ2n) is 7.23. The van der Waals surface area contributed by atoms with Crippen molar-refractivity contribution in [2.45, 2.75) is 19.8 Å². The summed E-state index contributed by atoms with van der Waals surface area (Å²) < 4.78 is 5.50. The number of fused-ring (bicyclic) bond motifs is 1. The van der Waals surface area contributed by atoms with E-state index in [0.29, 0.717) is 23.3 Å². The Kier molecular flexibility index (Phi) is 5.53. The highest BCUT2D eigenvalue weighted by atomic mass is 35.5. The summed E-state index contributed by atoms with van der Waals surface area (Å²) in [7, 11) is 1.60. The van der Waals surface area contributed by atoms with Gasteiger partial charge in [-0.2, -0.15) is 0 Å². The van der Waals surface area contributed by atoms with Crippen LogP contribution in [0.15, 0.2) is 42.5 Å². The van der Waals surface area contributed by atoms with Gasteiger partial charge in [0.1, 0.15) is 0 Å². The maximum absolute atomic E-state index is 12.9. The molecular weight excluding hydrogens is 388 g/mol. The van der Waals surface area contributed by atoms with Gasteiger partial charge in [-0.25, -0.2) is 9.97 Å². The van der Waals surface area contributed by atoms with Gasteiger partial charge in [0.05, 0.1) is 24.1 Å². The number of carbonyl (C=O) groups is 1. The fourth-order valence-corrected chi connectivity index (χ4v) is 3.85. The summed E-state index contributed by atoms with van der Waals surface area (Å²) in [5.41, 5.74) is 3.22. The van der Waals surface area contributed by atoms with Crippen LogP contribution >= 0.6 is 11.6 Å². The summed E-state index contributed by atoms with van der Waals surface area (Å²) in [6.07, 6.45) is 1.72. The van der Waals surface area contributed by atoms with Crippen LogP contribution in [0, 0.1) is 12.8 Å². The van der Waals surface area contributed by atoms with E-state index in [2.05, 4.69) is 15.2 Å². The number of hydrogen-bond donors (Lipinski definition) is 1. The minimum absolute atomic E-state index is 0.00668. The van der Waals surface area contributed by atoms with Crippen LogP contribution in [0.2, 0.25) is 5.02 Å². The van der Waals surface area contributed by atoms with Crippen LogP contribution in [0.4, 0.5) is 11.5 Å². The Morgan fingerprint density at radius 3 is 2.69 bits per heavy atom. The molecule has 1 fully saturated rings. The summed E-state index contributed by atoms with van der Waals surface area (Å²) in [6.45, 7) is 3.28. The van der Waals surface area contributed by atoms with Gasteiger partial charge in [0, 0.05) is 23.8 Å². The lowest BCUT2D eigenvalue weighted by molar-refractivity contribution is -0.120. The lowest BCUT2D eigenvalue weighted by Crippen LogP contribution is -2.41. The Balaban J connectivity index is 1.56. The minimum atomic E-state index is -0.153. The molecule has 1 atom stereocenters. The van der Waals surface area contributed by atoms with Gasteiger partial charge in [-0.05, 0) is 49.6 Å². The van der Waals surface area contributed by atoms with E-state index in [-0.39, 0.29) is 11.8 Å². The molecule has 1 unspecified atom stereocenters. The van der Waals surface area contributed by atoms with E-state index in [4.69, 9.17) is 21.3 Å². The Bertz CT molecular complexity index is 1060. The molecule has 150 valence electrons. The predicted octanol–water partition coefficient (Wildman–Crippen LogP) is 4.46. The normalized spacial score (nSPS) is 16.7. The third-order valence-corrected chi connectivity index (χ3v) is 5.74. The van der Waals surface area contributed by atoms with Crippen molar-refractivity contribution >= 4 is 40.0 Å². The first-order valence-electron chi connectivity index (χ1n) is 9.68. The van der Waals surface area contributed by atoms with Gasteiger partial charge in [-0.1, -0.05) is 29.8 Å². The zero-order valence-corrected chi connectivity index (χ0v) is 17.2. The molecule has 0 saturated carbocycles. The first kappa shape index (κ1) is 19.5. The number of carbonyl (C=O) groups excluding carboxylic acids is 1. The number of para-hydroxylation sites is 2. The molecule has 7 heteroatoms. The monoisotopic (exact) mass is 410 g/mol. The standard InChI is InChI=1S/C22H23ClN4O2/c1-14-16(23)8-5-11-17(14)25-21(28)15-7-6-12-27(13-15)20-22(29-2)26-19-10-4-3-9-18(19)24-20/h3-5,8-11,15H,6-7,12-13H2,1-2H3,(H,25,28). The highest BCUT2D eigenvalue weighted by molar-refractivity contribution is 6.31. The Morgan fingerprint density at radius 2 is 1.93 bits per heavy atom. The van der Waals surface area contributed by atoms with Crippen molar-refractivity contribution in [3.8, 4) is 5.88 Å². The largest absolute Gasteiger partial charge is 0.478 e. The van der Waals surface area contributed by atoms with E-state index >= 15 is 0 Å². The van der Waals surface area contributed by atoms with E-state index in [9.17, 15) is 4.79 Å². The number of methoxy groups -OCH3 is 1. The summed E-state index contributed by atoms with van der Waals surface area (Å²) in [4.78, 5) is 24.4. The van der Waals surface area contributed by atoms with Gasteiger partial charge in [0.15, 0.2) is 5.82 Å². The zero-order valence-electron chi connectivity index (χ0n) is 16.5. The maximum Gasteiger partial charge on any atom is 0.257 e. The maximum atomic E-state index is 12.9. The number of rotatable bonds is 4. The SMILES string of the molecule is COc1nc2ccccc2nc1N1CCCC(C(=O)Nc2cccc(Cl)c2C)C1. The average molecular weight is 411 g/mol. The van der Waals surface area contributed by atoms with E-state index in [1.165, 1.54) is 0 Å². The van der Waals surface area contributed by atoms with Crippen molar-refractivity contribution in [1.82, 2.24) is 9.97 Å². The second-order valence-corrected chi connectivity index (χ2v) is 7.64. The molecule has 1 aliphatic heterocycles. The third-order valence-electron chi connectivity index (χ3n) is 5.33. The van der Waals surface area contributed by atoms with Crippen molar-refractivity contribution < 1.29 is 9.53 Å². The van der Waals surface area contributed by atoms with Crippen molar-refractivity contribution in [3.63, 3.8) is 0 Å². The van der Waals surface area contributed by atoms with E-state index in [1.807, 2.05) is 49.4 Å². The van der Waals surface area contributed by atoms with Gasteiger partial charge in [-0.3, -0.25) is 4.79 Å². The van der Waals surface area contributed by atoms with Crippen LogP contribution in [-0.2, 0) is 4.79 Å². The lowest BCUT2D eigenvalue weighted by atomic mass is 9.97. The number of ether oxygens (including phenoxy) is 1. The molecule has 1 N–H and O–H groups in total. The highest BCUT2D eigenvalue weighted by Gasteiger charge is 2.29. The number of hydrogen-bond acceptors (Lipinski definition) is 5. The van der Waals surface area contributed by atoms with Crippen LogP contribution in [0.25, 0.3) is 11.0 Å². The molecule has 1 saturated heterocycles. The van der Waals surface area contributed by atoms with Crippen LogP contribution < -0.4 is 15.0 Å². The fraction of sp³-hybridized carbons (Fsp3) is 0.318. The summed E-state index contributed by atoms with van der Waals surface area (Å²) in [6, 6.07) is 13.2. The van der Waals surface area contributed by atoms with Gasteiger partial charge in [0.2, 0.25) is 5.91 Å². The van der Waals surface area contributed by atoms with Crippen LogP contribution in [-0.4, -0.2) is 36.1 Å². The number of nitrogens with zero attached hydrogens (tertiary/aromatic N) is 3. The number of piperidine rings is 1. The topological polar surface area (TPSA) is 67.4 Å². The molecule has 3 aromatic rings. The lowest BCUT2D eigenvalue weighted by Gasteiger charge is -2.33. The van der Waals surface area contributed by atoms with Crippen molar-refractivity contribution in [1.29, 1.82) is 0 Å². The van der Waals surface area contributed by atoms with Crippen LogP contribution in [0.3, 0.4) is 0 Å². The highest BCUT2D eigenvalue weighted by Crippen LogP contribution is 2.31. The molecule has 2 heterocycles. The number of benzene rings is 2. The van der Waals surface area contributed by atoms with Gasteiger partial charge in [-0.15, -0.1) is 0 Å². The number of halogens is 1. The van der Waals surface area contributed by atoms with Crippen LogP contribution in [0.1, 0.15) is 18.4 Å². The fourth-order valence-electron chi connectivity index (χ4n) is 3.68. The second kappa shape index (κ2) is 8.25. The third kappa shape index (κ3) is 3.98. The summed E-state index contributed by atoms with van der Waals surface area (Å²) in [5.74, 6) is 1.01. The molecule has 0 aliphatic carbocycles. The average Bonchev–Trinajstić information content (AvgIpc) is 2.76. The van der Waals surface area contributed by atoms with E-state index in [0.717, 1.165) is 41.7 Å². The molecular formula is C22H23ClN4O2. The molecule has 2 aromatic carbocycles. The summed E-state index contributed by atoms with van der Waals surface area (Å²) >= 11 is 6.18. The van der Waals surface area contributed by atoms with Crippen LogP contribution in [0.5, 0.6) is 5.88 Å². The first-order valence-corrected chi connectivity index (χ1v) is 10.1. The number of amides is 1. The number of anilines is 2. The zero-order chi connectivity index (χ0) is 20.4. The first-order chi connectivity index (χ1) is 14.1. The predicted molar refractivity (Wildman–Crippen MR) is 116 cm³/mol. The van der Waals surface area contributed by atoms with Crippen molar-refractivity contribution in [2.24, 2.45) is 5.92 Å². The van der Waals surface area contributed by atoms with Gasteiger partial charge < -0.3 is 15.0 Å². The minimum Gasteiger partial charge on any atom is -0.478 e. The van der Waals surface area contributed by atoms with E-state index < -0.39 is 0 Å². The molecule has 1 amide bonds. The van der Waals surface area contributed by atoms with Crippen molar-refractivity contribution in [3.05, 3.63) is 53.1 Å². The van der Waals surface area contributed by atoms with E-state index in [1.54, 1.807) is 7.11 Å². The Labute approximate surface area is 174 Å². The number of aromatic nitrogens is 2. The molecule has 6 nitrogen and oxygen atoms in total. The molecule has 4 rings (SSSR count). The molecule has 29 heavy (non-hydrogen) atoms. The number of nitrogens with one attached hydrogen (secondary N) is 1. The Morgan fingerprint density at radius 1 is 1.17 bits per heavy atom.